The first kappa shape index (κ1) is 18.3. The Hall–Kier alpha value is -2.48. The quantitative estimate of drug-likeness (QED) is 0.622. The van der Waals surface area contributed by atoms with Crippen molar-refractivity contribution in [2.75, 3.05) is 0 Å². The van der Waals surface area contributed by atoms with Crippen molar-refractivity contribution in [1.82, 2.24) is 0 Å². The Bertz CT molecular complexity index is 804. The minimum absolute atomic E-state index is 0.278. The number of carboxylic acid groups (broad SMARTS) is 1. The zero-order valence-corrected chi connectivity index (χ0v) is 15.9. The van der Waals surface area contributed by atoms with E-state index in [0.717, 1.165) is 5.56 Å². The SMILES string of the molecule is O=C(O)c1ccc(C(Cc2ccccc2)(Cc2ccccc2)O[PH3+])cc1. The van der Waals surface area contributed by atoms with Crippen LogP contribution in [-0.2, 0) is 23.0 Å². The Morgan fingerprint density at radius 1 is 0.808 bits per heavy atom. The molecule has 0 fully saturated rings. The van der Waals surface area contributed by atoms with Crippen LogP contribution in [0.1, 0.15) is 27.0 Å². The highest BCUT2D eigenvalue weighted by molar-refractivity contribution is 7.09. The lowest BCUT2D eigenvalue weighted by Crippen LogP contribution is -2.32. The van der Waals surface area contributed by atoms with E-state index in [1.165, 1.54) is 20.6 Å². The van der Waals surface area contributed by atoms with E-state index in [1.54, 1.807) is 12.1 Å². The molecule has 0 heterocycles. The summed E-state index contributed by atoms with van der Waals surface area (Å²) in [6, 6.07) is 27.5. The average molecular weight is 365 g/mol. The van der Waals surface area contributed by atoms with Crippen molar-refractivity contribution in [2.45, 2.75) is 18.4 Å². The maximum Gasteiger partial charge on any atom is 0.335 e. The largest absolute Gasteiger partial charge is 0.478 e. The fourth-order valence-corrected chi connectivity index (χ4v) is 3.59. The molecule has 1 atom stereocenters. The molecule has 0 bridgehead atoms. The van der Waals surface area contributed by atoms with Gasteiger partial charge in [0.25, 0.3) is 0 Å². The van der Waals surface area contributed by atoms with Crippen molar-refractivity contribution in [3.8, 4) is 0 Å². The molecule has 3 nitrogen and oxygen atoms in total. The summed E-state index contributed by atoms with van der Waals surface area (Å²) in [6.07, 6.45) is 1.41. The van der Waals surface area contributed by atoms with Crippen molar-refractivity contribution in [3.63, 3.8) is 0 Å². The van der Waals surface area contributed by atoms with Crippen LogP contribution >= 0.6 is 9.47 Å². The Balaban J connectivity index is 2.02. The number of carboxylic acids is 1. The lowest BCUT2D eigenvalue weighted by Gasteiger charge is -2.30. The Morgan fingerprint density at radius 3 is 1.65 bits per heavy atom. The second-order valence-electron chi connectivity index (χ2n) is 6.35. The minimum atomic E-state index is -0.924. The van der Waals surface area contributed by atoms with Crippen LogP contribution in [0.15, 0.2) is 84.9 Å². The number of benzene rings is 3. The van der Waals surface area contributed by atoms with E-state index in [2.05, 4.69) is 24.3 Å². The van der Waals surface area contributed by atoms with E-state index in [-0.39, 0.29) is 5.56 Å². The smallest absolute Gasteiger partial charge is 0.335 e. The molecular weight excluding hydrogens is 343 g/mol. The monoisotopic (exact) mass is 365 g/mol. The van der Waals surface area contributed by atoms with E-state index in [4.69, 9.17) is 4.52 Å². The van der Waals surface area contributed by atoms with Crippen LogP contribution in [0.4, 0.5) is 0 Å². The second-order valence-corrected chi connectivity index (χ2v) is 6.63. The predicted molar refractivity (Wildman–Crippen MR) is 108 cm³/mol. The summed E-state index contributed by atoms with van der Waals surface area (Å²) in [5.74, 6) is -0.924. The molecule has 0 saturated heterocycles. The molecule has 1 N–H and O–H groups in total. The van der Waals surface area contributed by atoms with Gasteiger partial charge in [0.2, 0.25) is 0 Å². The van der Waals surface area contributed by atoms with Gasteiger partial charge in [-0.05, 0) is 28.8 Å². The van der Waals surface area contributed by atoms with Gasteiger partial charge >= 0.3 is 5.97 Å². The number of hydrogen-bond donors (Lipinski definition) is 1. The second kappa shape index (κ2) is 8.27. The third-order valence-corrected chi connectivity index (χ3v) is 5.15. The fourth-order valence-electron chi connectivity index (χ4n) is 3.22. The maximum absolute atomic E-state index is 11.2. The summed E-state index contributed by atoms with van der Waals surface area (Å²) in [4.78, 5) is 11.2. The van der Waals surface area contributed by atoms with E-state index < -0.39 is 11.6 Å². The van der Waals surface area contributed by atoms with Crippen LogP contribution in [0.3, 0.4) is 0 Å². The van der Waals surface area contributed by atoms with Crippen LogP contribution < -0.4 is 0 Å². The van der Waals surface area contributed by atoms with Crippen molar-refractivity contribution < 1.29 is 14.4 Å². The molecule has 26 heavy (non-hydrogen) atoms. The number of hydrogen-bond acceptors (Lipinski definition) is 2. The lowest BCUT2D eigenvalue weighted by atomic mass is 9.82. The molecule has 0 spiro atoms. The van der Waals surface area contributed by atoms with Gasteiger partial charge in [0, 0.05) is 12.8 Å². The molecule has 0 saturated carbocycles. The molecule has 0 aliphatic heterocycles. The van der Waals surface area contributed by atoms with Gasteiger partial charge in [0.1, 0.15) is 15.1 Å². The third kappa shape index (κ3) is 4.19. The molecule has 0 aliphatic carbocycles. The fraction of sp³-hybridized carbons (Fsp3) is 0.136. The van der Waals surface area contributed by atoms with Crippen LogP contribution in [0, 0.1) is 0 Å². The molecule has 3 rings (SSSR count). The molecule has 4 heteroatoms. The Kier molecular flexibility index (Phi) is 5.82. The normalized spacial score (nSPS) is 11.4. The first-order chi connectivity index (χ1) is 12.6. The van der Waals surface area contributed by atoms with Gasteiger partial charge in [0.05, 0.1) is 5.56 Å². The van der Waals surface area contributed by atoms with Gasteiger partial charge < -0.3 is 5.11 Å². The highest BCUT2D eigenvalue weighted by Gasteiger charge is 2.35. The van der Waals surface area contributed by atoms with Gasteiger partial charge in [-0.15, -0.1) is 0 Å². The van der Waals surface area contributed by atoms with Crippen LogP contribution in [0.25, 0.3) is 0 Å². The summed E-state index contributed by atoms with van der Waals surface area (Å²) in [5, 5.41) is 9.18. The van der Waals surface area contributed by atoms with E-state index in [1.807, 2.05) is 48.5 Å². The number of aromatic carboxylic acids is 1. The molecule has 0 amide bonds. The Morgan fingerprint density at radius 2 is 1.27 bits per heavy atom. The minimum Gasteiger partial charge on any atom is -0.478 e. The number of rotatable bonds is 7. The van der Waals surface area contributed by atoms with Gasteiger partial charge in [-0.2, -0.15) is 0 Å². The topological polar surface area (TPSA) is 46.5 Å². The molecule has 0 radical (unpaired) electrons. The molecule has 132 valence electrons. The molecule has 3 aromatic rings. The Labute approximate surface area is 155 Å². The van der Waals surface area contributed by atoms with Crippen LogP contribution in [0.2, 0.25) is 0 Å². The zero-order valence-electron chi connectivity index (χ0n) is 14.5. The highest BCUT2D eigenvalue weighted by Crippen LogP contribution is 2.36. The van der Waals surface area contributed by atoms with E-state index in [9.17, 15) is 9.90 Å². The van der Waals surface area contributed by atoms with Crippen molar-refractivity contribution in [2.24, 2.45) is 0 Å². The molecule has 1 unspecified atom stereocenters. The van der Waals surface area contributed by atoms with Crippen molar-refractivity contribution in [1.29, 1.82) is 0 Å². The first-order valence-corrected chi connectivity index (χ1v) is 9.05. The van der Waals surface area contributed by atoms with Crippen molar-refractivity contribution in [3.05, 3.63) is 107 Å². The maximum atomic E-state index is 11.2. The van der Waals surface area contributed by atoms with Crippen LogP contribution in [0.5, 0.6) is 0 Å². The third-order valence-electron chi connectivity index (χ3n) is 4.60. The summed E-state index contributed by atoms with van der Waals surface area (Å²) in [6.45, 7) is 0. The highest BCUT2D eigenvalue weighted by atomic mass is 31.0. The molecule has 0 aliphatic rings. The summed E-state index contributed by atoms with van der Waals surface area (Å²) >= 11 is 0. The van der Waals surface area contributed by atoms with E-state index >= 15 is 0 Å². The average Bonchev–Trinajstić information content (AvgIpc) is 2.69. The van der Waals surface area contributed by atoms with E-state index in [0.29, 0.717) is 12.8 Å². The van der Waals surface area contributed by atoms with Gasteiger partial charge in [-0.25, -0.2) is 9.32 Å². The molecular formula is C22H22O3P+. The van der Waals surface area contributed by atoms with Gasteiger partial charge in [-0.1, -0.05) is 72.8 Å². The zero-order chi connectivity index (χ0) is 18.4. The first-order valence-electron chi connectivity index (χ1n) is 8.48. The molecule has 3 aromatic carbocycles. The van der Waals surface area contributed by atoms with Gasteiger partial charge in [-0.3, -0.25) is 0 Å². The summed E-state index contributed by atoms with van der Waals surface area (Å²) < 4.78 is 6.11. The molecule has 0 aromatic heterocycles. The summed E-state index contributed by atoms with van der Waals surface area (Å²) in [7, 11) is 1.49. The van der Waals surface area contributed by atoms with Gasteiger partial charge in [0.15, 0.2) is 0 Å². The summed E-state index contributed by atoms with van der Waals surface area (Å²) in [5.41, 5.74) is 3.05. The standard InChI is InChI=1S/C22H21O3P/c23-21(24)19-11-13-20(14-12-19)22(25-26,15-17-7-3-1-4-8-17)16-18-9-5-2-6-10-18/h1-14H,15-16H2,26H3/p+1. The van der Waals surface area contributed by atoms with Crippen molar-refractivity contribution >= 4 is 15.4 Å². The number of carbonyl (C=O) groups is 1. The predicted octanol–water partition coefficient (Wildman–Crippen LogP) is 4.60. The van der Waals surface area contributed by atoms with Crippen LogP contribution in [-0.4, -0.2) is 11.1 Å². The lowest BCUT2D eigenvalue weighted by molar-refractivity contribution is 0.0695.